The second-order valence-electron chi connectivity index (χ2n) is 6.76. The van der Waals surface area contributed by atoms with E-state index in [2.05, 4.69) is 29.0 Å². The summed E-state index contributed by atoms with van der Waals surface area (Å²) in [6.07, 6.45) is 1.42. The number of amides is 1. The highest BCUT2D eigenvalue weighted by molar-refractivity contribution is 6.31. The summed E-state index contributed by atoms with van der Waals surface area (Å²) in [7, 11) is 0. The van der Waals surface area contributed by atoms with Crippen LogP contribution in [0.25, 0.3) is 10.9 Å². The summed E-state index contributed by atoms with van der Waals surface area (Å²) < 4.78 is 1.33. The van der Waals surface area contributed by atoms with Crippen LogP contribution in [0.5, 0.6) is 0 Å². The molecule has 0 bridgehead atoms. The Kier molecular flexibility index (Phi) is 7.01. The van der Waals surface area contributed by atoms with Crippen molar-refractivity contribution in [2.45, 2.75) is 26.4 Å². The van der Waals surface area contributed by atoms with E-state index in [1.54, 1.807) is 18.2 Å². The Morgan fingerprint density at radius 1 is 1.14 bits per heavy atom. The number of benzene rings is 2. The molecule has 1 amide bonds. The molecular weight excluding hydrogens is 388 g/mol. The van der Waals surface area contributed by atoms with E-state index in [1.807, 2.05) is 30.3 Å². The van der Waals surface area contributed by atoms with Gasteiger partial charge in [-0.05, 0) is 36.9 Å². The third-order valence-electron chi connectivity index (χ3n) is 5.06. The third-order valence-corrected chi connectivity index (χ3v) is 5.40. The van der Waals surface area contributed by atoms with E-state index < -0.39 is 0 Å². The van der Waals surface area contributed by atoms with E-state index >= 15 is 0 Å². The number of para-hydroxylation sites is 1. The van der Waals surface area contributed by atoms with Crippen molar-refractivity contribution < 1.29 is 4.79 Å². The predicted molar refractivity (Wildman–Crippen MR) is 116 cm³/mol. The van der Waals surface area contributed by atoms with Gasteiger partial charge < -0.3 is 5.32 Å². The molecule has 1 unspecified atom stereocenters. The van der Waals surface area contributed by atoms with E-state index in [4.69, 9.17) is 11.6 Å². The van der Waals surface area contributed by atoms with Crippen molar-refractivity contribution in [2.24, 2.45) is 0 Å². The molecule has 29 heavy (non-hydrogen) atoms. The average molecular weight is 413 g/mol. The van der Waals surface area contributed by atoms with E-state index in [9.17, 15) is 9.59 Å². The smallest absolute Gasteiger partial charge is 0.261 e. The van der Waals surface area contributed by atoms with Gasteiger partial charge in [0.2, 0.25) is 5.91 Å². The molecule has 0 fully saturated rings. The zero-order valence-electron chi connectivity index (χ0n) is 16.6. The molecule has 0 aliphatic carbocycles. The van der Waals surface area contributed by atoms with Gasteiger partial charge in [-0.1, -0.05) is 55.8 Å². The Labute approximate surface area is 175 Å². The van der Waals surface area contributed by atoms with Gasteiger partial charge in [0, 0.05) is 11.6 Å². The van der Waals surface area contributed by atoms with Crippen LogP contribution >= 0.6 is 11.6 Å². The average Bonchev–Trinajstić information content (AvgIpc) is 2.74. The first-order chi connectivity index (χ1) is 14.0. The molecule has 0 aliphatic heterocycles. The fourth-order valence-electron chi connectivity index (χ4n) is 3.49. The fraction of sp³-hybridized carbons (Fsp3) is 0.318. The lowest BCUT2D eigenvalue weighted by molar-refractivity contribution is -0.122. The van der Waals surface area contributed by atoms with Gasteiger partial charge in [-0.25, -0.2) is 4.98 Å². The summed E-state index contributed by atoms with van der Waals surface area (Å²) in [5.41, 5.74) is 1.37. The number of hydrogen-bond acceptors (Lipinski definition) is 4. The minimum absolute atomic E-state index is 0.0471. The Morgan fingerprint density at radius 3 is 2.55 bits per heavy atom. The number of nitrogens with zero attached hydrogens (tertiary/aromatic N) is 3. The quantitative estimate of drug-likeness (QED) is 0.616. The van der Waals surface area contributed by atoms with Gasteiger partial charge in [-0.3, -0.25) is 19.1 Å². The maximum Gasteiger partial charge on any atom is 0.261 e. The van der Waals surface area contributed by atoms with Crippen LogP contribution in [0.3, 0.4) is 0 Å². The normalized spacial score (nSPS) is 12.3. The van der Waals surface area contributed by atoms with Crippen LogP contribution in [0.15, 0.2) is 59.7 Å². The monoisotopic (exact) mass is 412 g/mol. The number of likely N-dealkylation sites (N-methyl/N-ethyl adjacent to an activating group) is 1. The van der Waals surface area contributed by atoms with Crippen LogP contribution in [0.4, 0.5) is 0 Å². The molecule has 3 rings (SSSR count). The fourth-order valence-corrected chi connectivity index (χ4v) is 3.75. The van der Waals surface area contributed by atoms with Gasteiger partial charge in [0.25, 0.3) is 5.56 Å². The summed E-state index contributed by atoms with van der Waals surface area (Å²) >= 11 is 6.41. The lowest BCUT2D eigenvalue weighted by Gasteiger charge is -2.31. The van der Waals surface area contributed by atoms with Crippen molar-refractivity contribution >= 4 is 28.4 Å². The molecule has 152 valence electrons. The number of hydrogen-bond donors (Lipinski definition) is 1. The van der Waals surface area contributed by atoms with E-state index in [1.165, 1.54) is 10.9 Å². The van der Waals surface area contributed by atoms with Crippen LogP contribution < -0.4 is 10.9 Å². The van der Waals surface area contributed by atoms with Crippen molar-refractivity contribution in [3.05, 3.63) is 75.8 Å². The topological polar surface area (TPSA) is 67.2 Å². The van der Waals surface area contributed by atoms with Crippen molar-refractivity contribution in [3.63, 3.8) is 0 Å². The SMILES string of the molecule is CCN(CC)C(CNC(=O)Cn1cnc2ccccc2c1=O)c1ccccc1Cl. The van der Waals surface area contributed by atoms with E-state index in [0.29, 0.717) is 22.5 Å². The van der Waals surface area contributed by atoms with Crippen molar-refractivity contribution in [1.29, 1.82) is 0 Å². The molecule has 1 heterocycles. The molecule has 1 N–H and O–H groups in total. The largest absolute Gasteiger partial charge is 0.353 e. The summed E-state index contributed by atoms with van der Waals surface area (Å²) in [5, 5.41) is 4.13. The molecule has 0 aliphatic rings. The number of carbonyl (C=O) groups excluding carboxylic acids is 1. The number of nitrogens with one attached hydrogen (secondary N) is 1. The maximum absolute atomic E-state index is 12.6. The highest BCUT2D eigenvalue weighted by atomic mass is 35.5. The van der Waals surface area contributed by atoms with E-state index in [-0.39, 0.29) is 24.1 Å². The first-order valence-electron chi connectivity index (χ1n) is 9.74. The third kappa shape index (κ3) is 4.83. The van der Waals surface area contributed by atoms with Gasteiger partial charge in [-0.2, -0.15) is 0 Å². The molecule has 2 aromatic carbocycles. The molecule has 0 saturated heterocycles. The molecular formula is C22H25ClN4O2. The second kappa shape index (κ2) is 9.67. The van der Waals surface area contributed by atoms with Gasteiger partial charge in [0.05, 0.1) is 23.3 Å². The Bertz CT molecular complexity index is 1050. The standard InChI is InChI=1S/C22H25ClN4O2/c1-3-26(4-2)20(16-9-5-7-11-18(16)23)13-24-21(28)14-27-15-25-19-12-8-6-10-17(19)22(27)29/h5-12,15,20H,3-4,13-14H2,1-2H3,(H,24,28). The molecule has 7 heteroatoms. The van der Waals surface area contributed by atoms with Crippen LogP contribution in [0.2, 0.25) is 5.02 Å². The molecule has 1 aromatic heterocycles. The lowest BCUT2D eigenvalue weighted by Crippen LogP contribution is -2.40. The van der Waals surface area contributed by atoms with Crippen molar-refractivity contribution in [1.82, 2.24) is 19.8 Å². The Morgan fingerprint density at radius 2 is 1.83 bits per heavy atom. The predicted octanol–water partition coefficient (Wildman–Crippen LogP) is 3.25. The first kappa shape index (κ1) is 21.0. The Hall–Kier alpha value is -2.70. The summed E-state index contributed by atoms with van der Waals surface area (Å²) in [4.78, 5) is 31.7. The maximum atomic E-state index is 12.6. The second-order valence-corrected chi connectivity index (χ2v) is 7.16. The summed E-state index contributed by atoms with van der Waals surface area (Å²) in [6, 6.07) is 14.7. The van der Waals surface area contributed by atoms with Crippen LogP contribution in [-0.4, -0.2) is 40.0 Å². The molecule has 1 atom stereocenters. The molecule has 3 aromatic rings. The number of rotatable bonds is 8. The van der Waals surface area contributed by atoms with Gasteiger partial charge >= 0.3 is 0 Å². The zero-order chi connectivity index (χ0) is 20.8. The minimum Gasteiger partial charge on any atom is -0.353 e. The number of carbonyl (C=O) groups is 1. The lowest BCUT2D eigenvalue weighted by atomic mass is 10.0. The molecule has 0 spiro atoms. The Balaban J connectivity index is 1.74. The first-order valence-corrected chi connectivity index (χ1v) is 10.1. The van der Waals surface area contributed by atoms with Crippen LogP contribution in [0.1, 0.15) is 25.5 Å². The van der Waals surface area contributed by atoms with Crippen LogP contribution in [-0.2, 0) is 11.3 Å². The molecule has 6 nitrogen and oxygen atoms in total. The highest BCUT2D eigenvalue weighted by Gasteiger charge is 2.21. The van der Waals surface area contributed by atoms with Crippen molar-refractivity contribution in [2.75, 3.05) is 19.6 Å². The van der Waals surface area contributed by atoms with E-state index in [0.717, 1.165) is 18.7 Å². The van der Waals surface area contributed by atoms with Gasteiger partial charge in [0.1, 0.15) is 6.54 Å². The highest BCUT2D eigenvalue weighted by Crippen LogP contribution is 2.26. The molecule has 0 saturated carbocycles. The zero-order valence-corrected chi connectivity index (χ0v) is 17.4. The van der Waals surface area contributed by atoms with Gasteiger partial charge in [-0.15, -0.1) is 0 Å². The van der Waals surface area contributed by atoms with Gasteiger partial charge in [0.15, 0.2) is 0 Å². The molecule has 0 radical (unpaired) electrons. The summed E-state index contributed by atoms with van der Waals surface area (Å²) in [5.74, 6) is -0.242. The number of aromatic nitrogens is 2. The van der Waals surface area contributed by atoms with Crippen LogP contribution in [0, 0.1) is 0 Å². The summed E-state index contributed by atoms with van der Waals surface area (Å²) in [6.45, 7) is 6.14. The number of halogens is 1. The minimum atomic E-state index is -0.242. The number of fused-ring (bicyclic) bond motifs is 1. The van der Waals surface area contributed by atoms with Crippen molar-refractivity contribution in [3.8, 4) is 0 Å².